The van der Waals surface area contributed by atoms with Crippen LogP contribution in [0.3, 0.4) is 0 Å². The molecule has 1 heterocycles. The summed E-state index contributed by atoms with van der Waals surface area (Å²) in [5, 5.41) is 1.27. The van der Waals surface area contributed by atoms with Crippen LogP contribution in [0, 0.1) is 0 Å². The molecule has 3 heteroatoms. The number of aromatic nitrogens is 1. The van der Waals surface area contributed by atoms with E-state index in [9.17, 15) is 0 Å². The number of nitrogens with two attached hydrogens (primary N) is 1. The molecule has 0 spiro atoms. The molecule has 0 aliphatic rings. The summed E-state index contributed by atoms with van der Waals surface area (Å²) in [5.74, 6) is 0. The van der Waals surface area contributed by atoms with Crippen LogP contribution in [-0.2, 0) is 17.9 Å². The molecule has 0 bridgehead atoms. The molecule has 0 fully saturated rings. The molecule has 0 aliphatic carbocycles. The van der Waals surface area contributed by atoms with Gasteiger partial charge in [0.25, 0.3) is 0 Å². The van der Waals surface area contributed by atoms with Crippen molar-refractivity contribution in [3.8, 4) is 0 Å². The molecule has 0 radical (unpaired) electrons. The van der Waals surface area contributed by atoms with E-state index in [1.165, 1.54) is 16.5 Å². The molecule has 2 N–H and O–H groups in total. The number of para-hydroxylation sites is 1. The summed E-state index contributed by atoms with van der Waals surface area (Å²) in [6, 6.07) is 8.36. The van der Waals surface area contributed by atoms with Crippen LogP contribution in [0.2, 0.25) is 0 Å². The van der Waals surface area contributed by atoms with Crippen LogP contribution in [0.1, 0.15) is 19.4 Å². The number of benzene rings is 1. The predicted octanol–water partition coefficient (Wildman–Crippen LogP) is 2.53. The van der Waals surface area contributed by atoms with Crippen LogP contribution in [-0.4, -0.2) is 17.2 Å². The summed E-state index contributed by atoms with van der Waals surface area (Å²) in [6.07, 6.45) is 3.01. The third-order valence-electron chi connectivity index (χ3n) is 2.79. The molecule has 0 atom stereocenters. The Hall–Kier alpha value is -1.32. The zero-order valence-electron chi connectivity index (χ0n) is 10.7. The van der Waals surface area contributed by atoms with Gasteiger partial charge < -0.3 is 15.0 Å². The largest absolute Gasteiger partial charge is 0.364 e. The third kappa shape index (κ3) is 2.68. The van der Waals surface area contributed by atoms with Crippen molar-refractivity contribution in [3.63, 3.8) is 0 Å². The lowest BCUT2D eigenvalue weighted by molar-refractivity contribution is 0.134. The van der Waals surface area contributed by atoms with Crippen LogP contribution < -0.4 is 5.73 Å². The summed E-state index contributed by atoms with van der Waals surface area (Å²) < 4.78 is 7.33. The summed E-state index contributed by atoms with van der Waals surface area (Å²) in [6.45, 7) is 4.68. The lowest BCUT2D eigenvalue weighted by Crippen LogP contribution is -2.34. The highest BCUT2D eigenvalue weighted by Gasteiger charge is 2.16. The molecule has 0 amide bonds. The summed E-state index contributed by atoms with van der Waals surface area (Å²) in [7, 11) is 1.71. The molecule has 92 valence electrons. The van der Waals surface area contributed by atoms with Gasteiger partial charge in [0.15, 0.2) is 0 Å². The Kier molecular flexibility index (Phi) is 3.22. The van der Waals surface area contributed by atoms with E-state index in [2.05, 4.69) is 42.8 Å². The average Bonchev–Trinajstić information content (AvgIpc) is 2.56. The highest BCUT2D eigenvalue weighted by atomic mass is 16.5. The fourth-order valence-corrected chi connectivity index (χ4v) is 2.20. The molecule has 2 rings (SSSR count). The molecular formula is C14H20N2O. The molecule has 2 aromatic rings. The van der Waals surface area contributed by atoms with Gasteiger partial charge in [-0.15, -0.1) is 0 Å². The maximum atomic E-state index is 6.10. The number of ether oxygens (including phenoxy) is 1. The van der Waals surface area contributed by atoms with Crippen LogP contribution in [0.15, 0.2) is 30.5 Å². The van der Waals surface area contributed by atoms with Crippen LogP contribution in [0.4, 0.5) is 0 Å². The second-order valence-electron chi connectivity index (χ2n) is 5.22. The Bertz CT molecular complexity index is 508. The van der Waals surface area contributed by atoms with Gasteiger partial charge in [0, 0.05) is 24.2 Å². The van der Waals surface area contributed by atoms with E-state index < -0.39 is 0 Å². The van der Waals surface area contributed by atoms with Gasteiger partial charge in [-0.1, -0.05) is 18.2 Å². The van der Waals surface area contributed by atoms with Crippen molar-refractivity contribution in [2.45, 2.75) is 32.5 Å². The zero-order valence-corrected chi connectivity index (χ0v) is 10.7. The fraction of sp³-hybridized carbons (Fsp3) is 0.429. The minimum Gasteiger partial charge on any atom is -0.364 e. The topological polar surface area (TPSA) is 40.2 Å². The van der Waals surface area contributed by atoms with E-state index in [0.717, 1.165) is 6.42 Å². The van der Waals surface area contributed by atoms with Gasteiger partial charge in [0.2, 0.25) is 0 Å². The SMILES string of the molecule is COCn1cc(CC(C)(C)N)c2ccccc21. The van der Waals surface area contributed by atoms with E-state index in [-0.39, 0.29) is 5.54 Å². The monoisotopic (exact) mass is 232 g/mol. The van der Waals surface area contributed by atoms with Crippen LogP contribution in [0.25, 0.3) is 10.9 Å². The number of rotatable bonds is 4. The first-order chi connectivity index (χ1) is 8.01. The van der Waals surface area contributed by atoms with Crippen molar-refractivity contribution in [3.05, 3.63) is 36.0 Å². The first-order valence-electron chi connectivity index (χ1n) is 5.86. The van der Waals surface area contributed by atoms with Gasteiger partial charge >= 0.3 is 0 Å². The van der Waals surface area contributed by atoms with Crippen LogP contribution in [0.5, 0.6) is 0 Å². The van der Waals surface area contributed by atoms with Gasteiger partial charge in [-0.05, 0) is 31.9 Å². The molecular weight excluding hydrogens is 212 g/mol. The number of nitrogens with zero attached hydrogens (tertiary/aromatic N) is 1. The van der Waals surface area contributed by atoms with Crippen molar-refractivity contribution >= 4 is 10.9 Å². The first-order valence-corrected chi connectivity index (χ1v) is 5.86. The summed E-state index contributed by atoms with van der Waals surface area (Å²) in [5.41, 5.74) is 8.39. The Morgan fingerprint density at radius 3 is 2.65 bits per heavy atom. The number of hydrogen-bond acceptors (Lipinski definition) is 2. The molecule has 1 aromatic carbocycles. The molecule has 17 heavy (non-hydrogen) atoms. The van der Waals surface area contributed by atoms with E-state index in [1.807, 2.05) is 6.07 Å². The molecule has 3 nitrogen and oxygen atoms in total. The lowest BCUT2D eigenvalue weighted by atomic mass is 9.96. The highest BCUT2D eigenvalue weighted by molar-refractivity contribution is 5.84. The number of hydrogen-bond donors (Lipinski definition) is 1. The maximum Gasteiger partial charge on any atom is 0.122 e. The second kappa shape index (κ2) is 4.51. The summed E-state index contributed by atoms with van der Waals surface area (Å²) >= 11 is 0. The minimum absolute atomic E-state index is 0.192. The van der Waals surface area contributed by atoms with Crippen molar-refractivity contribution < 1.29 is 4.74 Å². The maximum absolute atomic E-state index is 6.10. The van der Waals surface area contributed by atoms with E-state index in [4.69, 9.17) is 10.5 Å². The van der Waals surface area contributed by atoms with Crippen molar-refractivity contribution in [2.24, 2.45) is 5.73 Å². The van der Waals surface area contributed by atoms with Crippen molar-refractivity contribution in [1.82, 2.24) is 4.57 Å². The van der Waals surface area contributed by atoms with E-state index >= 15 is 0 Å². The number of fused-ring (bicyclic) bond motifs is 1. The molecule has 0 aliphatic heterocycles. The third-order valence-corrected chi connectivity index (χ3v) is 2.79. The lowest BCUT2D eigenvalue weighted by Gasteiger charge is -2.17. The van der Waals surface area contributed by atoms with Crippen LogP contribution >= 0.6 is 0 Å². The van der Waals surface area contributed by atoms with Gasteiger partial charge in [0.1, 0.15) is 6.73 Å². The minimum atomic E-state index is -0.192. The molecule has 0 saturated carbocycles. The summed E-state index contributed by atoms with van der Waals surface area (Å²) in [4.78, 5) is 0. The Balaban J connectivity index is 2.48. The van der Waals surface area contributed by atoms with Gasteiger partial charge in [-0.25, -0.2) is 0 Å². The van der Waals surface area contributed by atoms with Crippen molar-refractivity contribution in [1.29, 1.82) is 0 Å². The van der Waals surface area contributed by atoms with Gasteiger partial charge in [0.05, 0.1) is 5.52 Å². The zero-order chi connectivity index (χ0) is 12.5. The predicted molar refractivity (Wildman–Crippen MR) is 70.9 cm³/mol. The van der Waals surface area contributed by atoms with E-state index in [1.54, 1.807) is 7.11 Å². The van der Waals surface area contributed by atoms with Crippen molar-refractivity contribution in [2.75, 3.05) is 7.11 Å². The Morgan fingerprint density at radius 1 is 1.29 bits per heavy atom. The van der Waals surface area contributed by atoms with E-state index in [0.29, 0.717) is 6.73 Å². The molecule has 0 unspecified atom stereocenters. The standard InChI is InChI=1S/C14H20N2O/c1-14(2,15)8-11-9-16(10-17-3)13-7-5-4-6-12(11)13/h4-7,9H,8,10,15H2,1-3H3. The normalized spacial score (nSPS) is 12.2. The Morgan fingerprint density at radius 2 is 2.00 bits per heavy atom. The average molecular weight is 232 g/mol. The second-order valence-corrected chi connectivity index (χ2v) is 5.22. The molecule has 0 saturated heterocycles. The number of methoxy groups -OCH3 is 1. The first kappa shape index (κ1) is 12.1. The molecule has 1 aromatic heterocycles. The quantitative estimate of drug-likeness (QED) is 0.880. The Labute approximate surface area is 102 Å². The smallest absolute Gasteiger partial charge is 0.122 e. The van der Waals surface area contributed by atoms with Gasteiger partial charge in [-0.2, -0.15) is 0 Å². The van der Waals surface area contributed by atoms with Gasteiger partial charge in [-0.3, -0.25) is 0 Å². The fourth-order valence-electron chi connectivity index (χ4n) is 2.20. The highest BCUT2D eigenvalue weighted by Crippen LogP contribution is 2.24.